The summed E-state index contributed by atoms with van der Waals surface area (Å²) in [7, 11) is 0. The van der Waals surface area contributed by atoms with Gasteiger partial charge in [-0.05, 0) is 47.5 Å². The molecule has 6 nitrogen and oxygen atoms in total. The smallest absolute Gasteiger partial charge is 0.220 e. The molecular formula is C56H30N4O2. The van der Waals surface area contributed by atoms with Gasteiger partial charge in [-0.15, -0.1) is 0 Å². The first-order valence-corrected chi connectivity index (χ1v) is 20.5. The zero-order valence-electron chi connectivity index (χ0n) is 32.9. The fourth-order valence-electron chi connectivity index (χ4n) is 10.1. The Morgan fingerprint density at radius 1 is 0.419 bits per heavy atom. The Kier molecular flexibility index (Phi) is 7.05. The SMILES string of the molecule is [C-]#[N+]c1c(-c2ccccc2)c(C#N)c(-n2c3ccccc3c3ccc4c5ccccc5oc4c32)c(-c2ccccc2)c1-n1c2ccccc2c2ccc3c4ccccc4oc3c21. The summed E-state index contributed by atoms with van der Waals surface area (Å²) in [6.45, 7) is 9.21. The summed E-state index contributed by atoms with van der Waals surface area (Å²) in [5, 5.41) is 19.8. The van der Waals surface area contributed by atoms with Crippen LogP contribution in [0.1, 0.15) is 5.56 Å². The van der Waals surface area contributed by atoms with E-state index in [4.69, 9.17) is 8.83 Å². The molecule has 0 aliphatic heterocycles. The second kappa shape index (κ2) is 12.8. The lowest BCUT2D eigenvalue weighted by Crippen LogP contribution is -2.09. The van der Waals surface area contributed by atoms with E-state index in [0.717, 1.165) is 104 Å². The van der Waals surface area contributed by atoms with Gasteiger partial charge in [-0.3, -0.25) is 0 Å². The van der Waals surface area contributed by atoms with Gasteiger partial charge in [-0.2, -0.15) is 5.26 Å². The third-order valence-electron chi connectivity index (χ3n) is 12.6. The monoisotopic (exact) mass is 790 g/mol. The van der Waals surface area contributed by atoms with Gasteiger partial charge in [0.2, 0.25) is 5.69 Å². The molecule has 13 rings (SSSR count). The third kappa shape index (κ3) is 4.50. The maximum atomic E-state index is 11.8. The zero-order chi connectivity index (χ0) is 41.1. The van der Waals surface area contributed by atoms with Crippen LogP contribution in [-0.2, 0) is 0 Å². The summed E-state index contributed by atoms with van der Waals surface area (Å²) in [5.41, 5.74) is 11.5. The number of fused-ring (bicyclic) bond motifs is 14. The average molecular weight is 791 g/mol. The Bertz CT molecular complexity index is 3890. The van der Waals surface area contributed by atoms with Crippen molar-refractivity contribution in [2.24, 2.45) is 0 Å². The number of hydrogen-bond acceptors (Lipinski definition) is 3. The third-order valence-corrected chi connectivity index (χ3v) is 12.6. The Morgan fingerprint density at radius 2 is 0.839 bits per heavy atom. The molecule has 0 aliphatic carbocycles. The fraction of sp³-hybridized carbons (Fsp3) is 0. The lowest BCUT2D eigenvalue weighted by Gasteiger charge is -2.25. The molecule has 0 radical (unpaired) electrons. The van der Waals surface area contributed by atoms with E-state index < -0.39 is 0 Å². The molecule has 0 amide bonds. The van der Waals surface area contributed by atoms with Crippen LogP contribution in [0.15, 0.2) is 191 Å². The second-order valence-corrected chi connectivity index (χ2v) is 15.7. The Labute approximate surface area is 353 Å². The van der Waals surface area contributed by atoms with Crippen molar-refractivity contribution in [1.29, 1.82) is 5.26 Å². The summed E-state index contributed by atoms with van der Waals surface area (Å²) in [6, 6.07) is 64.3. The lowest BCUT2D eigenvalue weighted by atomic mass is 9.88. The number of nitrogens with zero attached hydrogens (tertiary/aromatic N) is 4. The lowest BCUT2D eigenvalue weighted by molar-refractivity contribution is 0.671. The predicted octanol–water partition coefficient (Wildman–Crippen LogP) is 15.4. The molecule has 13 aromatic rings. The number of nitriles is 1. The molecule has 0 atom stereocenters. The highest BCUT2D eigenvalue weighted by atomic mass is 16.3. The molecule has 62 heavy (non-hydrogen) atoms. The van der Waals surface area contributed by atoms with Gasteiger partial charge in [0, 0.05) is 54.2 Å². The number of rotatable bonds is 4. The van der Waals surface area contributed by atoms with E-state index in [-0.39, 0.29) is 0 Å². The highest BCUT2D eigenvalue weighted by Gasteiger charge is 2.33. The van der Waals surface area contributed by atoms with Gasteiger partial charge < -0.3 is 18.0 Å². The van der Waals surface area contributed by atoms with Crippen LogP contribution in [0.3, 0.4) is 0 Å². The van der Waals surface area contributed by atoms with E-state index in [1.807, 2.05) is 97.1 Å². The van der Waals surface area contributed by atoms with Crippen LogP contribution in [0.4, 0.5) is 5.69 Å². The van der Waals surface area contributed by atoms with Crippen LogP contribution in [0.25, 0.3) is 126 Å². The van der Waals surface area contributed by atoms with Crippen LogP contribution in [0.5, 0.6) is 0 Å². The van der Waals surface area contributed by atoms with Crippen LogP contribution < -0.4 is 0 Å². The quantitative estimate of drug-likeness (QED) is 0.167. The Hall–Kier alpha value is -8.84. The summed E-state index contributed by atoms with van der Waals surface area (Å²) >= 11 is 0. The maximum absolute atomic E-state index is 11.8. The summed E-state index contributed by atoms with van der Waals surface area (Å²) in [4.78, 5) is 4.48. The van der Waals surface area contributed by atoms with E-state index in [0.29, 0.717) is 28.2 Å². The van der Waals surface area contributed by atoms with Crippen molar-refractivity contribution in [2.75, 3.05) is 0 Å². The van der Waals surface area contributed by atoms with Crippen LogP contribution >= 0.6 is 0 Å². The molecule has 0 bridgehead atoms. The minimum atomic E-state index is 0.362. The summed E-state index contributed by atoms with van der Waals surface area (Å²) < 4.78 is 18.2. The molecule has 0 N–H and O–H groups in total. The Balaban J connectivity index is 1.35. The van der Waals surface area contributed by atoms with Crippen LogP contribution in [0.2, 0.25) is 0 Å². The van der Waals surface area contributed by atoms with Crippen molar-refractivity contribution in [1.82, 2.24) is 9.13 Å². The molecule has 9 aromatic carbocycles. The van der Waals surface area contributed by atoms with Gasteiger partial charge in [0.1, 0.15) is 17.2 Å². The fourth-order valence-corrected chi connectivity index (χ4v) is 10.1. The highest BCUT2D eigenvalue weighted by molar-refractivity contribution is 6.24. The largest absolute Gasteiger partial charge is 0.454 e. The first-order valence-electron chi connectivity index (χ1n) is 20.5. The second-order valence-electron chi connectivity index (χ2n) is 15.7. The molecular weight excluding hydrogens is 761 g/mol. The van der Waals surface area contributed by atoms with Crippen LogP contribution in [0, 0.1) is 17.9 Å². The number of para-hydroxylation sites is 4. The zero-order valence-corrected chi connectivity index (χ0v) is 32.9. The molecule has 4 aromatic heterocycles. The van der Waals surface area contributed by atoms with E-state index in [1.54, 1.807) is 0 Å². The van der Waals surface area contributed by atoms with Gasteiger partial charge in [-0.25, -0.2) is 4.85 Å². The van der Waals surface area contributed by atoms with Crippen LogP contribution in [-0.4, -0.2) is 9.13 Å². The van der Waals surface area contributed by atoms with E-state index in [9.17, 15) is 11.8 Å². The highest BCUT2D eigenvalue weighted by Crippen LogP contribution is 2.53. The topological polar surface area (TPSA) is 64.3 Å². The number of benzene rings is 9. The van der Waals surface area contributed by atoms with Crippen molar-refractivity contribution < 1.29 is 8.83 Å². The first kappa shape index (κ1) is 34.1. The molecule has 0 aliphatic rings. The average Bonchev–Trinajstić information content (AvgIpc) is 4.09. The first-order chi connectivity index (χ1) is 30.7. The van der Waals surface area contributed by atoms with Gasteiger partial charge in [0.15, 0.2) is 11.2 Å². The number of hydrogen-bond donors (Lipinski definition) is 0. The molecule has 0 saturated carbocycles. The summed E-state index contributed by atoms with van der Waals surface area (Å²) in [6.07, 6.45) is 0. The van der Waals surface area contributed by atoms with Gasteiger partial charge in [-0.1, -0.05) is 146 Å². The standard InChI is InChI=1S/C56H30N4O2/c1-58-50-48(33-16-4-2-5-17-33)43(32-57)51(59-44-24-12-8-20-35(44)39-28-30-41-37-22-10-14-26-46(37)61-55(41)52(39)59)49(34-18-6-3-7-19-34)54(50)60-45-25-13-9-21-36(45)40-29-31-42-38-23-11-15-27-47(38)62-56(42)53(40)60/h2-31H. The molecule has 0 unspecified atom stereocenters. The minimum absolute atomic E-state index is 0.362. The molecule has 6 heteroatoms. The number of furan rings is 2. The van der Waals surface area contributed by atoms with Crippen molar-refractivity contribution in [3.05, 3.63) is 199 Å². The van der Waals surface area contributed by atoms with Crippen molar-refractivity contribution in [3.8, 4) is 39.7 Å². The van der Waals surface area contributed by atoms with Crippen molar-refractivity contribution >= 4 is 93.2 Å². The summed E-state index contributed by atoms with van der Waals surface area (Å²) in [5.74, 6) is 0. The molecule has 286 valence electrons. The predicted molar refractivity (Wildman–Crippen MR) is 252 cm³/mol. The van der Waals surface area contributed by atoms with E-state index in [2.05, 4.69) is 105 Å². The minimum Gasteiger partial charge on any atom is -0.454 e. The molecule has 0 fully saturated rings. The molecule has 0 spiro atoms. The van der Waals surface area contributed by atoms with Gasteiger partial charge >= 0.3 is 0 Å². The van der Waals surface area contributed by atoms with Crippen molar-refractivity contribution in [3.63, 3.8) is 0 Å². The van der Waals surface area contributed by atoms with Crippen molar-refractivity contribution in [2.45, 2.75) is 0 Å². The van der Waals surface area contributed by atoms with Gasteiger partial charge in [0.05, 0.1) is 45.6 Å². The molecule has 4 heterocycles. The van der Waals surface area contributed by atoms with E-state index >= 15 is 0 Å². The normalized spacial score (nSPS) is 11.8. The maximum Gasteiger partial charge on any atom is 0.220 e. The molecule has 0 saturated heterocycles. The number of aromatic nitrogens is 2. The Morgan fingerprint density at radius 3 is 1.34 bits per heavy atom. The van der Waals surface area contributed by atoms with Gasteiger partial charge in [0.25, 0.3) is 0 Å². The van der Waals surface area contributed by atoms with E-state index in [1.165, 1.54) is 0 Å².